The number of para-hydroxylation sites is 2. The molecular formula is C8H7N3O5. The topological polar surface area (TPSA) is 125 Å². The molecule has 0 atom stereocenters. The number of amides is 1. The van der Waals surface area contributed by atoms with E-state index in [0.717, 1.165) is 6.07 Å². The summed E-state index contributed by atoms with van der Waals surface area (Å²) in [5.74, 6) is 1.85. The molecule has 3 N–H and O–H groups in total. The highest BCUT2D eigenvalue weighted by atomic mass is 16.6. The maximum Gasteiger partial charge on any atom is 0.403 e. The van der Waals surface area contributed by atoms with Gasteiger partial charge in [-0.3, -0.25) is 20.3 Å². The predicted octanol–water partition coefficient (Wildman–Crippen LogP) is -0.510. The number of nitro groups is 1. The molecule has 0 spiro atoms. The maximum atomic E-state index is 11.0. The Morgan fingerprint density at radius 2 is 2.00 bits per heavy atom. The van der Waals surface area contributed by atoms with Gasteiger partial charge in [0.2, 0.25) is 5.75 Å². The van der Waals surface area contributed by atoms with Crippen LogP contribution in [0.4, 0.5) is 5.69 Å². The van der Waals surface area contributed by atoms with Gasteiger partial charge in [0.15, 0.2) is 0 Å². The number of benzene rings is 1. The lowest BCUT2D eigenvalue weighted by molar-refractivity contribution is -0.385. The Bertz CT molecular complexity index is 445. The summed E-state index contributed by atoms with van der Waals surface area (Å²) in [4.78, 5) is 31.5. The van der Waals surface area contributed by atoms with E-state index >= 15 is 0 Å². The van der Waals surface area contributed by atoms with Gasteiger partial charge in [-0.25, -0.2) is 10.6 Å². The van der Waals surface area contributed by atoms with Crippen LogP contribution in [0.1, 0.15) is 0 Å². The van der Waals surface area contributed by atoms with Gasteiger partial charge in [-0.1, -0.05) is 12.1 Å². The van der Waals surface area contributed by atoms with Gasteiger partial charge >= 0.3 is 17.6 Å². The van der Waals surface area contributed by atoms with Gasteiger partial charge in [-0.15, -0.1) is 0 Å². The Morgan fingerprint density at radius 1 is 1.38 bits per heavy atom. The number of hydrogen-bond acceptors (Lipinski definition) is 6. The second-order valence-corrected chi connectivity index (χ2v) is 2.59. The van der Waals surface area contributed by atoms with Gasteiger partial charge in [0.05, 0.1) is 4.92 Å². The van der Waals surface area contributed by atoms with Gasteiger partial charge in [0.25, 0.3) is 0 Å². The van der Waals surface area contributed by atoms with Crippen LogP contribution in [0.5, 0.6) is 5.75 Å². The van der Waals surface area contributed by atoms with Crippen LogP contribution in [0.3, 0.4) is 0 Å². The fraction of sp³-hybridized carbons (Fsp3) is 0. The van der Waals surface area contributed by atoms with Crippen molar-refractivity contribution in [2.45, 2.75) is 0 Å². The highest BCUT2D eigenvalue weighted by molar-refractivity contribution is 6.32. The molecule has 1 aromatic rings. The van der Waals surface area contributed by atoms with Crippen molar-refractivity contribution in [1.82, 2.24) is 5.43 Å². The quantitative estimate of drug-likeness (QED) is 0.133. The molecule has 16 heavy (non-hydrogen) atoms. The minimum absolute atomic E-state index is 0.318. The Kier molecular flexibility index (Phi) is 3.51. The predicted molar refractivity (Wildman–Crippen MR) is 51.1 cm³/mol. The second-order valence-electron chi connectivity index (χ2n) is 2.59. The van der Waals surface area contributed by atoms with Crippen molar-refractivity contribution in [3.8, 4) is 5.75 Å². The van der Waals surface area contributed by atoms with Crippen molar-refractivity contribution < 1.29 is 19.2 Å². The van der Waals surface area contributed by atoms with Crippen LogP contribution < -0.4 is 16.0 Å². The summed E-state index contributed by atoms with van der Waals surface area (Å²) in [6.07, 6.45) is 0. The first-order chi connectivity index (χ1) is 7.56. The first-order valence-corrected chi connectivity index (χ1v) is 4.02. The minimum Gasteiger partial charge on any atom is -0.412 e. The molecule has 0 aliphatic carbocycles. The molecule has 0 saturated carbocycles. The molecule has 1 amide bonds. The summed E-state index contributed by atoms with van der Waals surface area (Å²) in [5.41, 5.74) is 1.13. The molecule has 8 nitrogen and oxygen atoms in total. The van der Waals surface area contributed by atoms with E-state index in [0.29, 0.717) is 0 Å². The Balaban J connectivity index is 2.93. The van der Waals surface area contributed by atoms with E-state index < -0.39 is 22.5 Å². The van der Waals surface area contributed by atoms with Crippen molar-refractivity contribution in [3.05, 3.63) is 34.4 Å². The summed E-state index contributed by atoms with van der Waals surface area (Å²) in [6, 6.07) is 5.16. The molecule has 1 rings (SSSR count). The molecule has 0 aromatic heterocycles. The van der Waals surface area contributed by atoms with Gasteiger partial charge in [-0.2, -0.15) is 0 Å². The number of carbonyl (C=O) groups is 2. The van der Waals surface area contributed by atoms with Gasteiger partial charge < -0.3 is 4.74 Å². The van der Waals surface area contributed by atoms with Crippen LogP contribution in [-0.2, 0) is 9.59 Å². The van der Waals surface area contributed by atoms with Crippen molar-refractivity contribution in [2.75, 3.05) is 0 Å². The fourth-order valence-corrected chi connectivity index (χ4v) is 0.899. The number of nitrogens with two attached hydrogens (primary N) is 1. The molecule has 0 fully saturated rings. The largest absolute Gasteiger partial charge is 0.412 e. The van der Waals surface area contributed by atoms with Crippen molar-refractivity contribution in [1.29, 1.82) is 0 Å². The number of ether oxygens (including phenoxy) is 1. The zero-order chi connectivity index (χ0) is 12.1. The number of nitrogens with one attached hydrogen (secondary N) is 1. The number of hydrogen-bond donors (Lipinski definition) is 2. The summed E-state index contributed by atoms with van der Waals surface area (Å²) in [7, 11) is 0. The molecule has 0 aliphatic rings. The van der Waals surface area contributed by atoms with Crippen LogP contribution in [0.25, 0.3) is 0 Å². The highest BCUT2D eigenvalue weighted by Crippen LogP contribution is 2.25. The molecule has 0 aliphatic heterocycles. The van der Waals surface area contributed by atoms with Crippen molar-refractivity contribution >= 4 is 17.6 Å². The first kappa shape index (κ1) is 11.6. The molecule has 0 radical (unpaired) electrons. The van der Waals surface area contributed by atoms with Crippen LogP contribution in [-0.4, -0.2) is 16.8 Å². The number of nitrogens with zero attached hydrogens (tertiary/aromatic N) is 1. The Morgan fingerprint density at radius 3 is 2.56 bits per heavy atom. The number of nitro benzene ring substituents is 1. The van der Waals surface area contributed by atoms with E-state index in [4.69, 9.17) is 5.84 Å². The molecule has 1 aromatic carbocycles. The third kappa shape index (κ3) is 2.51. The van der Waals surface area contributed by atoms with Crippen LogP contribution in [0, 0.1) is 10.1 Å². The summed E-state index contributed by atoms with van der Waals surface area (Å²) >= 11 is 0. The molecule has 8 heteroatoms. The minimum atomic E-state index is -1.32. The van der Waals surface area contributed by atoms with Gasteiger partial charge in [0.1, 0.15) is 0 Å². The molecule has 0 bridgehead atoms. The average Bonchev–Trinajstić information content (AvgIpc) is 2.28. The van der Waals surface area contributed by atoms with E-state index in [2.05, 4.69) is 4.74 Å². The Hall–Kier alpha value is -2.48. The van der Waals surface area contributed by atoms with Crippen molar-refractivity contribution in [3.63, 3.8) is 0 Å². The van der Waals surface area contributed by atoms with Crippen molar-refractivity contribution in [2.24, 2.45) is 5.84 Å². The Labute approximate surface area is 89.1 Å². The van der Waals surface area contributed by atoms with E-state index in [9.17, 15) is 19.7 Å². The normalized spacial score (nSPS) is 9.31. The van der Waals surface area contributed by atoms with E-state index in [-0.39, 0.29) is 5.75 Å². The lowest BCUT2D eigenvalue weighted by Crippen LogP contribution is -2.38. The molecular weight excluding hydrogens is 218 g/mol. The third-order valence-electron chi connectivity index (χ3n) is 1.58. The first-order valence-electron chi connectivity index (χ1n) is 4.02. The molecule has 0 saturated heterocycles. The standard InChI is InChI=1S/C8H7N3O5/c9-10-7(12)8(13)16-6-4-2-1-3-5(6)11(14)15/h1-4H,9H2,(H,10,12). The summed E-state index contributed by atoms with van der Waals surface area (Å²) < 4.78 is 4.49. The van der Waals surface area contributed by atoms with E-state index in [1.54, 1.807) is 5.43 Å². The van der Waals surface area contributed by atoms with Crippen LogP contribution in [0.15, 0.2) is 24.3 Å². The number of carbonyl (C=O) groups excluding carboxylic acids is 2. The van der Waals surface area contributed by atoms with E-state index in [1.165, 1.54) is 18.2 Å². The van der Waals surface area contributed by atoms with Gasteiger partial charge in [-0.05, 0) is 6.07 Å². The maximum absolute atomic E-state index is 11.0. The monoisotopic (exact) mass is 225 g/mol. The average molecular weight is 225 g/mol. The van der Waals surface area contributed by atoms with Gasteiger partial charge in [0, 0.05) is 6.07 Å². The van der Waals surface area contributed by atoms with E-state index in [1.807, 2.05) is 0 Å². The molecule has 0 unspecified atom stereocenters. The third-order valence-corrected chi connectivity index (χ3v) is 1.58. The molecule has 84 valence electrons. The van der Waals surface area contributed by atoms with Crippen LogP contribution >= 0.6 is 0 Å². The number of esters is 1. The smallest absolute Gasteiger partial charge is 0.403 e. The summed E-state index contributed by atoms with van der Waals surface area (Å²) in [6.45, 7) is 0. The number of rotatable bonds is 2. The zero-order valence-corrected chi connectivity index (χ0v) is 7.88. The lowest BCUT2D eigenvalue weighted by atomic mass is 10.3. The fourth-order valence-electron chi connectivity index (χ4n) is 0.899. The summed E-state index contributed by atoms with van der Waals surface area (Å²) in [5, 5.41) is 10.5. The number of hydrazine groups is 1. The zero-order valence-electron chi connectivity index (χ0n) is 7.88. The second kappa shape index (κ2) is 4.84. The molecule has 0 heterocycles. The highest BCUT2D eigenvalue weighted by Gasteiger charge is 2.20. The SMILES string of the molecule is NNC(=O)C(=O)Oc1ccccc1[N+](=O)[O-]. The lowest BCUT2D eigenvalue weighted by Gasteiger charge is -2.02. The van der Waals surface area contributed by atoms with Crippen LogP contribution in [0.2, 0.25) is 0 Å².